The molecule has 0 saturated heterocycles. The normalized spacial score (nSPS) is 10.8. The fourth-order valence-electron chi connectivity index (χ4n) is 2.53. The summed E-state index contributed by atoms with van der Waals surface area (Å²) >= 11 is 0. The number of rotatable bonds is 9. The number of carbonyl (C=O) groups is 2. The average Bonchev–Trinajstić information content (AvgIpc) is 3.02. The Kier molecular flexibility index (Phi) is 6.94. The highest BCUT2D eigenvalue weighted by Crippen LogP contribution is 2.15. The maximum absolute atomic E-state index is 12.7. The summed E-state index contributed by atoms with van der Waals surface area (Å²) < 4.78 is 6.63. The van der Waals surface area contributed by atoms with Crippen LogP contribution in [-0.2, 0) is 4.74 Å². The van der Waals surface area contributed by atoms with Crippen LogP contribution in [0.15, 0.2) is 24.4 Å². The number of methoxy groups -OCH3 is 1. The number of pyridine rings is 1. The zero-order valence-electron chi connectivity index (χ0n) is 15.1. The highest BCUT2D eigenvalue weighted by molar-refractivity contribution is 6.02. The predicted molar refractivity (Wildman–Crippen MR) is 95.9 cm³/mol. The second-order valence-corrected chi connectivity index (χ2v) is 5.92. The molecule has 2 aromatic rings. The van der Waals surface area contributed by atoms with Crippen molar-refractivity contribution in [3.63, 3.8) is 0 Å². The largest absolute Gasteiger partial charge is 0.385 e. The van der Waals surface area contributed by atoms with Gasteiger partial charge < -0.3 is 15.0 Å². The maximum Gasteiger partial charge on any atom is 0.287 e. The fourth-order valence-corrected chi connectivity index (χ4v) is 2.53. The van der Waals surface area contributed by atoms with Crippen molar-refractivity contribution in [2.75, 3.05) is 33.9 Å². The number of hydrogen-bond donors (Lipinski definition) is 1. The standard InChI is InChI=1S/C18H26N4O3/c1-4-5-11-21(2)18(24)15-14-9-6-7-12-22(14)16(20-15)17(23)19-10-8-13-25-3/h6-7,9,12H,4-5,8,10-11,13H2,1-3H3,(H,19,23). The Morgan fingerprint density at radius 1 is 1.32 bits per heavy atom. The number of aromatic nitrogens is 2. The van der Waals surface area contributed by atoms with Crippen molar-refractivity contribution in [3.8, 4) is 0 Å². The van der Waals surface area contributed by atoms with Crippen LogP contribution in [0, 0.1) is 0 Å². The van der Waals surface area contributed by atoms with Crippen molar-refractivity contribution >= 4 is 17.3 Å². The number of nitrogens with zero attached hydrogens (tertiary/aromatic N) is 3. The zero-order chi connectivity index (χ0) is 18.2. The van der Waals surface area contributed by atoms with E-state index in [-0.39, 0.29) is 17.6 Å². The molecule has 2 aromatic heterocycles. The average molecular weight is 346 g/mol. The van der Waals surface area contributed by atoms with Gasteiger partial charge in [0.2, 0.25) is 5.82 Å². The first-order chi connectivity index (χ1) is 12.1. The Bertz CT molecular complexity index is 726. The van der Waals surface area contributed by atoms with Crippen LogP contribution in [0.1, 0.15) is 47.3 Å². The van der Waals surface area contributed by atoms with Gasteiger partial charge in [-0.05, 0) is 25.0 Å². The van der Waals surface area contributed by atoms with E-state index in [1.807, 2.05) is 12.1 Å². The van der Waals surface area contributed by atoms with Crippen molar-refractivity contribution in [1.82, 2.24) is 19.6 Å². The van der Waals surface area contributed by atoms with E-state index in [0.717, 1.165) is 19.3 Å². The van der Waals surface area contributed by atoms with E-state index in [1.54, 1.807) is 35.7 Å². The number of unbranched alkanes of at least 4 members (excludes halogenated alkanes) is 1. The SMILES string of the molecule is CCCCN(C)C(=O)c1nc(C(=O)NCCCOC)n2ccccc12. The molecule has 7 nitrogen and oxygen atoms in total. The van der Waals surface area contributed by atoms with Gasteiger partial charge in [0.15, 0.2) is 5.69 Å². The lowest BCUT2D eigenvalue weighted by molar-refractivity contribution is 0.0790. The summed E-state index contributed by atoms with van der Waals surface area (Å²) in [4.78, 5) is 31.1. The summed E-state index contributed by atoms with van der Waals surface area (Å²) in [5.74, 6) is -0.247. The van der Waals surface area contributed by atoms with Crippen LogP contribution in [0.4, 0.5) is 0 Å². The van der Waals surface area contributed by atoms with Crippen LogP contribution >= 0.6 is 0 Å². The fraction of sp³-hybridized carbons (Fsp3) is 0.500. The van der Waals surface area contributed by atoms with E-state index < -0.39 is 0 Å². The molecule has 0 atom stereocenters. The van der Waals surface area contributed by atoms with Crippen molar-refractivity contribution in [1.29, 1.82) is 0 Å². The van der Waals surface area contributed by atoms with Gasteiger partial charge in [0.25, 0.3) is 11.8 Å². The van der Waals surface area contributed by atoms with Gasteiger partial charge >= 0.3 is 0 Å². The molecular weight excluding hydrogens is 320 g/mol. The van der Waals surface area contributed by atoms with Gasteiger partial charge in [-0.25, -0.2) is 4.98 Å². The molecule has 0 fully saturated rings. The van der Waals surface area contributed by atoms with Crippen molar-refractivity contribution < 1.29 is 14.3 Å². The molecule has 0 aromatic carbocycles. The lowest BCUT2D eigenvalue weighted by Crippen LogP contribution is -2.29. The van der Waals surface area contributed by atoms with E-state index in [9.17, 15) is 9.59 Å². The summed E-state index contributed by atoms with van der Waals surface area (Å²) in [6, 6.07) is 5.45. The molecule has 0 aliphatic heterocycles. The Labute approximate surface area is 148 Å². The number of carbonyl (C=O) groups excluding carboxylic acids is 2. The molecule has 136 valence electrons. The third kappa shape index (κ3) is 4.57. The Balaban J connectivity index is 2.24. The van der Waals surface area contributed by atoms with Gasteiger partial charge in [0.05, 0.1) is 5.52 Å². The van der Waals surface area contributed by atoms with E-state index >= 15 is 0 Å². The second kappa shape index (κ2) is 9.17. The van der Waals surface area contributed by atoms with E-state index in [1.165, 1.54) is 0 Å². The summed E-state index contributed by atoms with van der Waals surface area (Å²) in [5.41, 5.74) is 0.944. The van der Waals surface area contributed by atoms with Crippen molar-refractivity contribution in [3.05, 3.63) is 35.9 Å². The van der Waals surface area contributed by atoms with Gasteiger partial charge in [0, 0.05) is 40.1 Å². The molecule has 0 saturated carbocycles. The molecule has 0 spiro atoms. The van der Waals surface area contributed by atoms with Gasteiger partial charge in [-0.15, -0.1) is 0 Å². The first-order valence-corrected chi connectivity index (χ1v) is 8.59. The van der Waals surface area contributed by atoms with Gasteiger partial charge in [0.1, 0.15) is 0 Å². The molecule has 2 rings (SSSR count). The van der Waals surface area contributed by atoms with Crippen LogP contribution in [0.5, 0.6) is 0 Å². The number of hydrogen-bond acceptors (Lipinski definition) is 4. The van der Waals surface area contributed by atoms with E-state index in [2.05, 4.69) is 17.2 Å². The first kappa shape index (κ1) is 18.9. The minimum atomic E-state index is -0.299. The highest BCUT2D eigenvalue weighted by Gasteiger charge is 2.23. The number of fused-ring (bicyclic) bond motifs is 1. The highest BCUT2D eigenvalue weighted by atomic mass is 16.5. The molecule has 0 aliphatic rings. The molecule has 0 radical (unpaired) electrons. The molecule has 0 unspecified atom stereocenters. The van der Waals surface area contributed by atoms with Crippen LogP contribution in [0.3, 0.4) is 0 Å². The Morgan fingerprint density at radius 3 is 2.84 bits per heavy atom. The number of imidazole rings is 1. The summed E-state index contributed by atoms with van der Waals surface area (Å²) in [6.45, 7) is 3.82. The monoisotopic (exact) mass is 346 g/mol. The van der Waals surface area contributed by atoms with Gasteiger partial charge in [-0.1, -0.05) is 19.4 Å². The lowest BCUT2D eigenvalue weighted by atomic mass is 10.2. The summed E-state index contributed by atoms with van der Waals surface area (Å²) in [5, 5.41) is 2.81. The number of amides is 2. The van der Waals surface area contributed by atoms with Crippen LogP contribution in [0.25, 0.3) is 5.52 Å². The summed E-state index contributed by atoms with van der Waals surface area (Å²) in [7, 11) is 3.38. The third-order valence-corrected chi connectivity index (χ3v) is 3.96. The molecule has 25 heavy (non-hydrogen) atoms. The van der Waals surface area contributed by atoms with E-state index in [0.29, 0.717) is 30.9 Å². The van der Waals surface area contributed by atoms with Gasteiger partial charge in [-0.3, -0.25) is 14.0 Å². The molecule has 0 aliphatic carbocycles. The minimum Gasteiger partial charge on any atom is -0.385 e. The van der Waals surface area contributed by atoms with Crippen molar-refractivity contribution in [2.24, 2.45) is 0 Å². The molecule has 7 heteroatoms. The second-order valence-electron chi connectivity index (χ2n) is 5.92. The number of nitrogens with one attached hydrogen (secondary N) is 1. The quantitative estimate of drug-likeness (QED) is 0.705. The molecule has 1 N–H and O–H groups in total. The zero-order valence-corrected chi connectivity index (χ0v) is 15.1. The Hall–Kier alpha value is -2.41. The van der Waals surface area contributed by atoms with Crippen molar-refractivity contribution in [2.45, 2.75) is 26.2 Å². The van der Waals surface area contributed by atoms with Crippen LogP contribution in [-0.4, -0.2) is 60.0 Å². The minimum absolute atomic E-state index is 0.171. The molecular formula is C18H26N4O3. The smallest absolute Gasteiger partial charge is 0.287 e. The van der Waals surface area contributed by atoms with Gasteiger partial charge in [-0.2, -0.15) is 0 Å². The third-order valence-electron chi connectivity index (χ3n) is 3.96. The topological polar surface area (TPSA) is 75.9 Å². The Morgan fingerprint density at radius 2 is 2.12 bits per heavy atom. The first-order valence-electron chi connectivity index (χ1n) is 8.59. The molecule has 0 bridgehead atoms. The lowest BCUT2D eigenvalue weighted by Gasteiger charge is -2.15. The molecule has 2 heterocycles. The predicted octanol–water partition coefficient (Wildman–Crippen LogP) is 1.97. The molecule has 2 amide bonds. The van der Waals surface area contributed by atoms with E-state index in [4.69, 9.17) is 4.74 Å². The van der Waals surface area contributed by atoms with Crippen LogP contribution in [0.2, 0.25) is 0 Å². The number of ether oxygens (including phenoxy) is 1. The summed E-state index contributed by atoms with van der Waals surface area (Å²) in [6.07, 6.45) is 4.41. The maximum atomic E-state index is 12.7. The van der Waals surface area contributed by atoms with Crippen LogP contribution < -0.4 is 5.32 Å².